The molecule has 0 spiro atoms. The summed E-state index contributed by atoms with van der Waals surface area (Å²) in [5, 5.41) is 15.4. The molecule has 0 bridgehead atoms. The number of rotatable bonds is 4. The lowest BCUT2D eigenvalue weighted by Gasteiger charge is -2.00. The van der Waals surface area contributed by atoms with E-state index >= 15 is 0 Å². The number of nitro benzene ring substituents is 1. The summed E-state index contributed by atoms with van der Waals surface area (Å²) < 4.78 is 0. The Labute approximate surface area is 125 Å². The Bertz CT molecular complexity index is 674. The minimum atomic E-state index is -0.538. The van der Waals surface area contributed by atoms with E-state index < -0.39 is 4.92 Å². The summed E-state index contributed by atoms with van der Waals surface area (Å²) in [6.45, 7) is 0. The lowest BCUT2D eigenvalue weighted by molar-refractivity contribution is -0.384. The summed E-state index contributed by atoms with van der Waals surface area (Å²) in [4.78, 5) is 10.2. The van der Waals surface area contributed by atoms with Crippen LogP contribution in [0.5, 0.6) is 0 Å². The van der Waals surface area contributed by atoms with Crippen molar-refractivity contribution >= 4 is 40.8 Å². The highest BCUT2D eigenvalue weighted by atomic mass is 35.5. The Balaban J connectivity index is 2.12. The Kier molecular flexibility index (Phi) is 4.55. The molecule has 0 aliphatic carbocycles. The van der Waals surface area contributed by atoms with Crippen molar-refractivity contribution in [1.29, 1.82) is 0 Å². The van der Waals surface area contributed by atoms with Gasteiger partial charge in [0.05, 0.1) is 16.8 Å². The van der Waals surface area contributed by atoms with Crippen LogP contribution in [0.15, 0.2) is 47.6 Å². The van der Waals surface area contributed by atoms with Crippen molar-refractivity contribution in [2.24, 2.45) is 5.10 Å². The van der Waals surface area contributed by atoms with Gasteiger partial charge in [-0.2, -0.15) is 5.10 Å². The van der Waals surface area contributed by atoms with E-state index in [4.69, 9.17) is 23.2 Å². The number of hydrogen-bond donors (Lipinski definition) is 1. The number of nitro groups is 1. The van der Waals surface area contributed by atoms with Gasteiger partial charge in [0.15, 0.2) is 0 Å². The number of hydrazone groups is 1. The number of nitrogens with zero attached hydrogens (tertiary/aromatic N) is 2. The van der Waals surface area contributed by atoms with Crippen LogP contribution in [0.3, 0.4) is 0 Å². The first-order chi connectivity index (χ1) is 9.56. The summed E-state index contributed by atoms with van der Waals surface area (Å²) >= 11 is 11.6. The molecular weight excluding hydrogens is 301 g/mol. The smallest absolute Gasteiger partial charge is 0.278 e. The molecule has 0 aliphatic heterocycles. The average Bonchev–Trinajstić information content (AvgIpc) is 2.40. The van der Waals surface area contributed by atoms with Gasteiger partial charge in [-0.05, 0) is 24.3 Å². The molecule has 1 N–H and O–H groups in total. The molecule has 20 heavy (non-hydrogen) atoms. The molecule has 0 amide bonds. The fraction of sp³-hybridized carbons (Fsp3) is 0. The predicted molar refractivity (Wildman–Crippen MR) is 80.8 cm³/mol. The van der Waals surface area contributed by atoms with Gasteiger partial charge in [-0.25, -0.2) is 0 Å². The van der Waals surface area contributed by atoms with Crippen LogP contribution in [0, 0.1) is 10.1 Å². The molecule has 0 aliphatic rings. The van der Waals surface area contributed by atoms with Gasteiger partial charge in [-0.15, -0.1) is 0 Å². The van der Waals surface area contributed by atoms with Crippen LogP contribution >= 0.6 is 23.2 Å². The molecule has 102 valence electrons. The molecule has 0 aromatic heterocycles. The molecule has 0 saturated carbocycles. The molecule has 0 atom stereocenters. The van der Waals surface area contributed by atoms with E-state index in [1.807, 2.05) is 0 Å². The third kappa shape index (κ3) is 3.69. The molecule has 2 aromatic carbocycles. The standard InChI is InChI=1S/C13H9Cl2N3O2/c14-10-2-1-3-11(7-10)17-16-8-9-4-5-12(15)13(6-9)18(19)20/h1-8,17H. The molecule has 0 radical (unpaired) electrons. The van der Waals surface area contributed by atoms with Crippen LogP contribution in [0.2, 0.25) is 10.0 Å². The quantitative estimate of drug-likeness (QED) is 0.518. The summed E-state index contributed by atoms with van der Waals surface area (Å²) in [6, 6.07) is 11.5. The van der Waals surface area contributed by atoms with Crippen molar-refractivity contribution in [3.8, 4) is 0 Å². The van der Waals surface area contributed by atoms with Crippen molar-refractivity contribution in [2.45, 2.75) is 0 Å². The number of anilines is 1. The fourth-order valence-corrected chi connectivity index (χ4v) is 1.87. The van der Waals surface area contributed by atoms with Crippen LogP contribution in [0.1, 0.15) is 5.56 Å². The highest BCUT2D eigenvalue weighted by molar-refractivity contribution is 6.32. The first kappa shape index (κ1) is 14.3. The fourth-order valence-electron chi connectivity index (χ4n) is 1.49. The SMILES string of the molecule is O=[N+]([O-])c1cc(C=NNc2cccc(Cl)c2)ccc1Cl. The maximum Gasteiger partial charge on any atom is 0.288 e. The van der Waals surface area contributed by atoms with Gasteiger partial charge in [-0.1, -0.05) is 35.3 Å². The first-order valence-corrected chi connectivity index (χ1v) is 6.30. The highest BCUT2D eigenvalue weighted by Crippen LogP contribution is 2.24. The van der Waals surface area contributed by atoms with Crippen molar-refractivity contribution in [2.75, 3.05) is 5.43 Å². The highest BCUT2D eigenvalue weighted by Gasteiger charge is 2.11. The third-order valence-electron chi connectivity index (χ3n) is 2.40. The van der Waals surface area contributed by atoms with Crippen molar-refractivity contribution in [3.05, 3.63) is 68.2 Å². The van der Waals surface area contributed by atoms with Gasteiger partial charge in [0.1, 0.15) is 5.02 Å². The van der Waals surface area contributed by atoms with Gasteiger partial charge in [0.25, 0.3) is 5.69 Å². The van der Waals surface area contributed by atoms with E-state index in [1.54, 1.807) is 30.3 Å². The van der Waals surface area contributed by atoms with E-state index in [0.717, 1.165) is 5.69 Å². The third-order valence-corrected chi connectivity index (χ3v) is 2.95. The molecule has 5 nitrogen and oxygen atoms in total. The largest absolute Gasteiger partial charge is 0.288 e. The summed E-state index contributed by atoms with van der Waals surface area (Å²) in [6.07, 6.45) is 1.46. The molecule has 7 heteroatoms. The van der Waals surface area contributed by atoms with Crippen LogP contribution in [-0.2, 0) is 0 Å². The summed E-state index contributed by atoms with van der Waals surface area (Å²) in [7, 11) is 0. The molecule has 0 unspecified atom stereocenters. The Hall–Kier alpha value is -2.11. The Morgan fingerprint density at radius 3 is 2.70 bits per heavy atom. The van der Waals surface area contributed by atoms with Gasteiger partial charge in [0.2, 0.25) is 0 Å². The van der Waals surface area contributed by atoms with E-state index in [1.165, 1.54) is 18.3 Å². The van der Waals surface area contributed by atoms with E-state index in [9.17, 15) is 10.1 Å². The summed E-state index contributed by atoms with van der Waals surface area (Å²) in [5.41, 5.74) is 3.91. The second kappa shape index (κ2) is 6.36. The summed E-state index contributed by atoms with van der Waals surface area (Å²) in [5.74, 6) is 0. The van der Waals surface area contributed by atoms with Crippen molar-refractivity contribution < 1.29 is 4.92 Å². The maximum atomic E-state index is 10.8. The van der Waals surface area contributed by atoms with Crippen LogP contribution in [0.25, 0.3) is 0 Å². The topological polar surface area (TPSA) is 67.5 Å². The lowest BCUT2D eigenvalue weighted by atomic mass is 10.2. The van der Waals surface area contributed by atoms with Crippen LogP contribution < -0.4 is 5.43 Å². The van der Waals surface area contributed by atoms with E-state index in [2.05, 4.69) is 10.5 Å². The predicted octanol–water partition coefficient (Wildman–Crippen LogP) is 4.35. The van der Waals surface area contributed by atoms with Gasteiger partial charge >= 0.3 is 0 Å². The number of halogens is 2. The average molecular weight is 310 g/mol. The molecule has 0 saturated heterocycles. The van der Waals surface area contributed by atoms with Crippen molar-refractivity contribution in [1.82, 2.24) is 0 Å². The van der Waals surface area contributed by atoms with Crippen molar-refractivity contribution in [3.63, 3.8) is 0 Å². The second-order valence-electron chi connectivity index (χ2n) is 3.85. The molecular formula is C13H9Cl2N3O2. The van der Waals surface area contributed by atoms with Gasteiger partial charge in [0, 0.05) is 16.7 Å². The van der Waals surface area contributed by atoms with Gasteiger partial charge in [-0.3, -0.25) is 15.5 Å². The van der Waals surface area contributed by atoms with Gasteiger partial charge < -0.3 is 0 Å². The second-order valence-corrected chi connectivity index (χ2v) is 4.69. The zero-order chi connectivity index (χ0) is 14.5. The Morgan fingerprint density at radius 1 is 1.20 bits per heavy atom. The first-order valence-electron chi connectivity index (χ1n) is 5.55. The Morgan fingerprint density at radius 2 is 2.00 bits per heavy atom. The zero-order valence-electron chi connectivity index (χ0n) is 10.1. The minimum Gasteiger partial charge on any atom is -0.278 e. The zero-order valence-corrected chi connectivity index (χ0v) is 11.6. The van der Waals surface area contributed by atoms with E-state index in [-0.39, 0.29) is 10.7 Å². The van der Waals surface area contributed by atoms with Crippen LogP contribution in [-0.4, -0.2) is 11.1 Å². The molecule has 2 aromatic rings. The minimum absolute atomic E-state index is 0.0925. The normalized spacial score (nSPS) is 10.7. The molecule has 2 rings (SSSR count). The van der Waals surface area contributed by atoms with Crippen LogP contribution in [0.4, 0.5) is 11.4 Å². The number of nitrogens with one attached hydrogen (secondary N) is 1. The number of benzene rings is 2. The van der Waals surface area contributed by atoms with E-state index in [0.29, 0.717) is 10.6 Å². The molecule has 0 fully saturated rings. The lowest BCUT2D eigenvalue weighted by Crippen LogP contribution is -1.93. The molecule has 0 heterocycles. The maximum absolute atomic E-state index is 10.8. The number of hydrogen-bond acceptors (Lipinski definition) is 4. The monoisotopic (exact) mass is 309 g/mol.